The molecule has 1 unspecified atom stereocenters. The van der Waals surface area contributed by atoms with Crippen molar-refractivity contribution in [2.75, 3.05) is 13.1 Å². The number of sulfone groups is 1. The number of hydrogen-bond acceptors (Lipinski definition) is 3. The fraction of sp³-hybridized carbons (Fsp3) is 0.364. The van der Waals surface area contributed by atoms with Crippen LogP contribution in [0.1, 0.15) is 6.42 Å². The van der Waals surface area contributed by atoms with E-state index in [0.717, 1.165) is 6.54 Å². The molecule has 1 aromatic rings. The molecule has 0 bridgehead atoms. The highest BCUT2D eigenvalue weighted by Crippen LogP contribution is 2.26. The molecule has 1 aromatic carbocycles. The molecule has 1 saturated heterocycles. The van der Waals surface area contributed by atoms with E-state index in [0.29, 0.717) is 18.0 Å². The fourth-order valence-electron chi connectivity index (χ4n) is 1.79. The number of rotatable bonds is 2. The van der Waals surface area contributed by atoms with E-state index in [1.165, 1.54) is 0 Å². The molecule has 0 spiro atoms. The molecular weight excluding hydrogens is 246 g/mol. The fourth-order valence-corrected chi connectivity index (χ4v) is 3.94. The highest BCUT2D eigenvalue weighted by atomic mass is 35.5. The van der Waals surface area contributed by atoms with Crippen molar-refractivity contribution in [3.63, 3.8) is 0 Å². The van der Waals surface area contributed by atoms with E-state index >= 15 is 0 Å². The van der Waals surface area contributed by atoms with Gasteiger partial charge in [-0.2, -0.15) is 0 Å². The van der Waals surface area contributed by atoms with E-state index in [2.05, 4.69) is 5.32 Å². The molecule has 1 radical (unpaired) electrons. The van der Waals surface area contributed by atoms with Gasteiger partial charge < -0.3 is 5.32 Å². The van der Waals surface area contributed by atoms with Crippen LogP contribution in [0.25, 0.3) is 0 Å². The molecule has 3 nitrogen and oxygen atoms in total. The Kier molecular flexibility index (Phi) is 3.52. The van der Waals surface area contributed by atoms with Crippen LogP contribution in [0.15, 0.2) is 29.2 Å². The quantitative estimate of drug-likeness (QED) is 0.878. The van der Waals surface area contributed by atoms with Crippen LogP contribution in [0.5, 0.6) is 0 Å². The largest absolute Gasteiger partial charge is 0.315 e. The van der Waals surface area contributed by atoms with Crippen molar-refractivity contribution in [2.24, 2.45) is 0 Å². The van der Waals surface area contributed by atoms with Crippen molar-refractivity contribution in [1.82, 2.24) is 5.32 Å². The zero-order valence-electron chi connectivity index (χ0n) is 8.69. The van der Waals surface area contributed by atoms with Gasteiger partial charge >= 0.3 is 0 Å². The van der Waals surface area contributed by atoms with Gasteiger partial charge in [0.05, 0.1) is 15.2 Å². The van der Waals surface area contributed by atoms with Crippen LogP contribution in [0.2, 0.25) is 5.02 Å². The minimum Gasteiger partial charge on any atom is -0.315 e. The second kappa shape index (κ2) is 4.73. The van der Waals surface area contributed by atoms with Crippen LogP contribution >= 0.6 is 11.6 Å². The van der Waals surface area contributed by atoms with Crippen LogP contribution in [0.4, 0.5) is 0 Å². The number of halogens is 1. The van der Waals surface area contributed by atoms with E-state index in [9.17, 15) is 8.42 Å². The maximum Gasteiger partial charge on any atom is 0.183 e. The molecular formula is C11H13ClNO2S. The van der Waals surface area contributed by atoms with Crippen LogP contribution < -0.4 is 5.32 Å². The first-order valence-electron chi connectivity index (χ1n) is 5.13. The maximum atomic E-state index is 12.3. The third kappa shape index (κ3) is 2.24. The number of benzene rings is 1. The average molecular weight is 259 g/mol. The lowest BCUT2D eigenvalue weighted by atomic mass is 10.2. The first-order chi connectivity index (χ1) is 7.62. The van der Waals surface area contributed by atoms with E-state index < -0.39 is 15.1 Å². The first-order valence-corrected chi connectivity index (χ1v) is 7.05. The predicted octanol–water partition coefficient (Wildman–Crippen LogP) is 1.68. The van der Waals surface area contributed by atoms with E-state index in [1.807, 2.05) is 6.42 Å². The third-order valence-electron chi connectivity index (χ3n) is 2.67. The first kappa shape index (κ1) is 11.9. The lowest BCUT2D eigenvalue weighted by Gasteiger charge is -2.22. The molecule has 0 amide bonds. The van der Waals surface area contributed by atoms with E-state index in [1.54, 1.807) is 24.3 Å². The molecule has 1 aliphatic rings. The van der Waals surface area contributed by atoms with Gasteiger partial charge in [-0.1, -0.05) is 23.7 Å². The van der Waals surface area contributed by atoms with Gasteiger partial charge in [0.25, 0.3) is 0 Å². The lowest BCUT2D eigenvalue weighted by molar-refractivity contribution is 0.544. The summed E-state index contributed by atoms with van der Waals surface area (Å²) in [6.07, 6.45) is 2.53. The molecule has 0 saturated carbocycles. The highest BCUT2D eigenvalue weighted by Gasteiger charge is 2.30. The van der Waals surface area contributed by atoms with Crippen molar-refractivity contribution in [2.45, 2.75) is 16.6 Å². The van der Waals surface area contributed by atoms with E-state index in [4.69, 9.17) is 11.6 Å². The summed E-state index contributed by atoms with van der Waals surface area (Å²) in [5, 5.41) is 2.95. The Bertz CT molecular complexity index is 467. The van der Waals surface area contributed by atoms with Gasteiger partial charge in [-0.05, 0) is 31.5 Å². The molecule has 0 aliphatic carbocycles. The smallest absolute Gasteiger partial charge is 0.183 e. The second-order valence-electron chi connectivity index (χ2n) is 3.78. The summed E-state index contributed by atoms with van der Waals surface area (Å²) in [5.41, 5.74) is 0. The van der Waals surface area contributed by atoms with Crippen molar-refractivity contribution < 1.29 is 8.42 Å². The summed E-state index contributed by atoms with van der Waals surface area (Å²) < 4.78 is 24.5. The van der Waals surface area contributed by atoms with Gasteiger partial charge in [-0.25, -0.2) is 8.42 Å². The van der Waals surface area contributed by atoms with Crippen LogP contribution in [0.3, 0.4) is 0 Å². The third-order valence-corrected chi connectivity index (χ3v) is 5.32. The molecule has 5 heteroatoms. The second-order valence-corrected chi connectivity index (χ2v) is 6.38. The molecule has 1 heterocycles. The molecule has 1 atom stereocenters. The molecule has 1 aliphatic heterocycles. The highest BCUT2D eigenvalue weighted by molar-refractivity contribution is 7.92. The van der Waals surface area contributed by atoms with Gasteiger partial charge in [-0.3, -0.25) is 0 Å². The number of piperidine rings is 1. The van der Waals surface area contributed by atoms with Gasteiger partial charge in [0, 0.05) is 6.54 Å². The SMILES string of the molecule is O=S(=O)(c1ccccc1Cl)C1C[CH]CNC1. The zero-order chi connectivity index (χ0) is 11.6. The van der Waals surface area contributed by atoms with Crippen molar-refractivity contribution >= 4 is 21.4 Å². The van der Waals surface area contributed by atoms with Crippen molar-refractivity contribution in [3.8, 4) is 0 Å². The monoisotopic (exact) mass is 258 g/mol. The average Bonchev–Trinajstić information content (AvgIpc) is 2.30. The molecule has 87 valence electrons. The summed E-state index contributed by atoms with van der Waals surface area (Å²) in [5.74, 6) is 0. The number of hydrogen-bond donors (Lipinski definition) is 1. The Morgan fingerprint density at radius 3 is 2.69 bits per heavy atom. The number of nitrogens with one attached hydrogen (secondary N) is 1. The van der Waals surface area contributed by atoms with Crippen LogP contribution in [-0.4, -0.2) is 26.8 Å². The summed E-state index contributed by atoms with van der Waals surface area (Å²) in [4.78, 5) is 0.235. The maximum absolute atomic E-state index is 12.3. The minimum absolute atomic E-state index is 0.235. The summed E-state index contributed by atoms with van der Waals surface area (Å²) in [6, 6.07) is 6.59. The Balaban J connectivity index is 2.35. The lowest BCUT2D eigenvalue weighted by Crippen LogP contribution is -2.39. The van der Waals surface area contributed by atoms with Gasteiger partial charge in [0.15, 0.2) is 9.84 Å². The van der Waals surface area contributed by atoms with E-state index in [-0.39, 0.29) is 4.90 Å². The molecule has 16 heavy (non-hydrogen) atoms. The minimum atomic E-state index is -3.32. The Morgan fingerprint density at radius 2 is 2.06 bits per heavy atom. The molecule has 1 N–H and O–H groups in total. The van der Waals surface area contributed by atoms with Crippen LogP contribution in [-0.2, 0) is 9.84 Å². The molecule has 2 rings (SSSR count). The predicted molar refractivity (Wildman–Crippen MR) is 64.2 cm³/mol. The standard InChI is InChI=1S/C11H13ClNO2S/c12-10-5-1-2-6-11(10)16(14,15)9-4-3-7-13-8-9/h1-3,5-6,9,13H,4,7-8H2. The molecule has 1 fully saturated rings. The Hall–Kier alpha value is -0.580. The van der Waals surface area contributed by atoms with Crippen LogP contribution in [0, 0.1) is 6.42 Å². The van der Waals surface area contributed by atoms with Crippen molar-refractivity contribution in [3.05, 3.63) is 35.7 Å². The zero-order valence-corrected chi connectivity index (χ0v) is 10.3. The topological polar surface area (TPSA) is 46.2 Å². The summed E-state index contributed by atoms with van der Waals surface area (Å²) in [6.45, 7) is 1.26. The molecule has 0 aromatic heterocycles. The van der Waals surface area contributed by atoms with Crippen molar-refractivity contribution in [1.29, 1.82) is 0 Å². The Labute approximate surface area is 101 Å². The van der Waals surface area contributed by atoms with Gasteiger partial charge in [-0.15, -0.1) is 0 Å². The normalized spacial score (nSPS) is 21.9. The summed E-state index contributed by atoms with van der Waals surface area (Å²) >= 11 is 5.92. The Morgan fingerprint density at radius 1 is 1.31 bits per heavy atom. The summed E-state index contributed by atoms with van der Waals surface area (Å²) in [7, 11) is -3.32. The van der Waals surface area contributed by atoms with Gasteiger partial charge in [0.1, 0.15) is 0 Å². The van der Waals surface area contributed by atoms with Gasteiger partial charge in [0.2, 0.25) is 0 Å².